The first-order chi connectivity index (χ1) is 23.9. The lowest BCUT2D eigenvalue weighted by Gasteiger charge is -2.44. The van der Waals surface area contributed by atoms with Crippen LogP contribution in [0, 0.1) is 17.8 Å². The van der Waals surface area contributed by atoms with E-state index in [-0.39, 0.29) is 50.2 Å². The summed E-state index contributed by atoms with van der Waals surface area (Å²) in [6.07, 6.45) is 1.24. The van der Waals surface area contributed by atoms with Gasteiger partial charge in [-0.1, -0.05) is 6.42 Å². The molecule has 12 nitrogen and oxygen atoms in total. The highest BCUT2D eigenvalue weighted by atomic mass is 19.4. The van der Waals surface area contributed by atoms with Gasteiger partial charge in [0.25, 0.3) is 11.7 Å². The maximum atomic E-state index is 14.2. The Morgan fingerprint density at radius 1 is 1.12 bits per heavy atom. The topological polar surface area (TPSA) is 126 Å². The van der Waals surface area contributed by atoms with E-state index in [2.05, 4.69) is 25.5 Å². The molecule has 4 atom stereocenters. The van der Waals surface area contributed by atoms with E-state index in [1.54, 1.807) is 16.9 Å². The molecule has 50 heavy (non-hydrogen) atoms. The number of imidazole rings is 1. The summed E-state index contributed by atoms with van der Waals surface area (Å²) in [4.78, 5) is 40.7. The lowest BCUT2D eigenvalue weighted by atomic mass is 9.81. The van der Waals surface area contributed by atoms with Crippen molar-refractivity contribution in [3.05, 3.63) is 35.5 Å². The Morgan fingerprint density at radius 2 is 1.92 bits per heavy atom. The van der Waals surface area contributed by atoms with Crippen molar-refractivity contribution in [3.63, 3.8) is 0 Å². The fourth-order valence-corrected chi connectivity index (χ4v) is 8.13. The van der Waals surface area contributed by atoms with E-state index < -0.39 is 48.3 Å². The van der Waals surface area contributed by atoms with Crippen LogP contribution in [0.25, 0.3) is 5.78 Å². The molecule has 17 heteroatoms. The molecule has 4 aliphatic rings. The van der Waals surface area contributed by atoms with Gasteiger partial charge in [-0.2, -0.15) is 28.4 Å². The number of carbonyl (C=O) groups excluding carboxylic acids is 2. The Morgan fingerprint density at radius 3 is 2.68 bits per heavy atom. The van der Waals surface area contributed by atoms with Gasteiger partial charge in [0.1, 0.15) is 11.4 Å². The van der Waals surface area contributed by atoms with Crippen LogP contribution in [0.1, 0.15) is 86.2 Å². The second-order valence-electron chi connectivity index (χ2n) is 14.2. The molecule has 0 aromatic carbocycles. The standard InChI is InChI=1S/C33H43F5N10O2/c1-2-47-26(8-11-40-47)30(50)42-27(20-6-9-32(34,35)10-7-20)25-19-48-31(41-25)43-28(46-14-13-45-12-4-3-5-23(45)18-46)24(44-48)16-21-15-22(33(36,37)38)17-39-29(21)49/h8,11,19-23,27H,2-7,9-10,12-18H2,1H3,(H,39,49)(H,42,50)/t21-,22-,23-,27+/m1/s1. The predicted octanol–water partition coefficient (Wildman–Crippen LogP) is 4.17. The molecule has 1 aliphatic carbocycles. The number of hydrogen-bond donors (Lipinski definition) is 2. The minimum atomic E-state index is -4.45. The van der Waals surface area contributed by atoms with Crippen molar-refractivity contribution in [2.75, 3.05) is 37.6 Å². The first kappa shape index (κ1) is 34.6. The van der Waals surface area contributed by atoms with Gasteiger partial charge < -0.3 is 15.5 Å². The molecule has 3 saturated heterocycles. The number of nitrogens with one attached hydrogen (secondary N) is 2. The molecule has 1 saturated carbocycles. The molecule has 0 unspecified atom stereocenters. The summed E-state index contributed by atoms with van der Waals surface area (Å²) < 4.78 is 72.6. The smallest absolute Gasteiger partial charge is 0.355 e. The maximum absolute atomic E-state index is 14.2. The second kappa shape index (κ2) is 13.7. The maximum Gasteiger partial charge on any atom is 0.393 e. The molecular formula is C33H43F5N10O2. The number of fused-ring (bicyclic) bond motifs is 2. The van der Waals surface area contributed by atoms with Crippen LogP contribution in [-0.2, 0) is 17.8 Å². The van der Waals surface area contributed by atoms with Gasteiger partial charge in [0.15, 0.2) is 5.82 Å². The number of nitrogens with zero attached hydrogens (tertiary/aromatic N) is 8. The number of alkyl halides is 5. The Bertz CT molecular complexity index is 1700. The molecule has 0 bridgehead atoms. The van der Waals surface area contributed by atoms with Crippen molar-refractivity contribution >= 4 is 23.4 Å². The van der Waals surface area contributed by atoms with E-state index in [0.717, 1.165) is 32.4 Å². The Labute approximate surface area is 286 Å². The largest absolute Gasteiger partial charge is 0.393 e. The van der Waals surface area contributed by atoms with Crippen molar-refractivity contribution in [2.45, 2.75) is 95.4 Å². The minimum absolute atomic E-state index is 0.0477. The first-order valence-corrected chi connectivity index (χ1v) is 17.7. The molecule has 6 heterocycles. The van der Waals surface area contributed by atoms with Crippen LogP contribution in [-0.4, -0.2) is 96.9 Å². The van der Waals surface area contributed by atoms with E-state index in [1.807, 2.05) is 6.92 Å². The number of carbonyl (C=O) groups is 2. The van der Waals surface area contributed by atoms with Crippen molar-refractivity contribution in [1.82, 2.24) is 44.9 Å². The highest BCUT2D eigenvalue weighted by Crippen LogP contribution is 2.42. The van der Waals surface area contributed by atoms with Crippen LogP contribution in [0.15, 0.2) is 18.5 Å². The number of aryl methyl sites for hydroxylation is 1. The van der Waals surface area contributed by atoms with Gasteiger partial charge >= 0.3 is 6.18 Å². The van der Waals surface area contributed by atoms with Crippen molar-refractivity contribution in [1.29, 1.82) is 0 Å². The average Bonchev–Trinajstić information content (AvgIpc) is 3.74. The van der Waals surface area contributed by atoms with Gasteiger partial charge in [-0.05, 0) is 57.6 Å². The second-order valence-corrected chi connectivity index (χ2v) is 14.2. The third-order valence-electron chi connectivity index (χ3n) is 11.0. The summed E-state index contributed by atoms with van der Waals surface area (Å²) in [5, 5.41) is 14.5. The molecular weight excluding hydrogens is 663 g/mol. The van der Waals surface area contributed by atoms with Gasteiger partial charge in [-0.25, -0.2) is 18.3 Å². The van der Waals surface area contributed by atoms with Crippen LogP contribution >= 0.6 is 0 Å². The zero-order valence-electron chi connectivity index (χ0n) is 28.0. The quantitative estimate of drug-likeness (QED) is 0.335. The summed E-state index contributed by atoms with van der Waals surface area (Å²) in [6.45, 7) is 4.96. The summed E-state index contributed by atoms with van der Waals surface area (Å²) in [5.74, 6) is -5.92. The highest BCUT2D eigenvalue weighted by Gasteiger charge is 2.45. The fourth-order valence-electron chi connectivity index (χ4n) is 8.13. The molecule has 0 spiro atoms. The Balaban J connectivity index is 1.25. The number of amides is 2. The number of rotatable bonds is 8. The van der Waals surface area contributed by atoms with Gasteiger partial charge in [0.2, 0.25) is 11.8 Å². The van der Waals surface area contributed by atoms with Gasteiger partial charge in [-0.15, -0.1) is 0 Å². The Kier molecular flexibility index (Phi) is 9.45. The van der Waals surface area contributed by atoms with Gasteiger partial charge in [0, 0.05) is 70.1 Å². The van der Waals surface area contributed by atoms with Crippen molar-refractivity contribution in [3.8, 4) is 0 Å². The lowest BCUT2D eigenvalue weighted by molar-refractivity contribution is -0.183. The number of hydrogen-bond acceptors (Lipinski definition) is 8. The van der Waals surface area contributed by atoms with Crippen LogP contribution < -0.4 is 15.5 Å². The SMILES string of the molecule is CCn1nccc1C(=O)N[C@H](c1cn2nc(C[C@H]3C[C@@H](C(F)(F)F)CNC3=O)c(N3CCN4CCCC[C@@H]4C3)nc2n1)C1CCC(F)(F)CC1. The van der Waals surface area contributed by atoms with E-state index in [4.69, 9.17) is 15.1 Å². The molecule has 2 amide bonds. The monoisotopic (exact) mass is 706 g/mol. The van der Waals surface area contributed by atoms with E-state index >= 15 is 0 Å². The molecule has 3 aromatic rings. The summed E-state index contributed by atoms with van der Waals surface area (Å²) in [5.41, 5.74) is 1.11. The normalized spacial score (nSPS) is 25.7. The Hall–Kier alpha value is -3.89. The summed E-state index contributed by atoms with van der Waals surface area (Å²) >= 11 is 0. The number of halogens is 5. The average molecular weight is 707 g/mol. The molecule has 3 aliphatic heterocycles. The van der Waals surface area contributed by atoms with Crippen molar-refractivity contribution in [2.24, 2.45) is 17.8 Å². The molecule has 2 N–H and O–H groups in total. The summed E-state index contributed by atoms with van der Waals surface area (Å²) in [6, 6.07) is 1.15. The zero-order valence-corrected chi connectivity index (χ0v) is 28.0. The van der Waals surface area contributed by atoms with Crippen molar-refractivity contribution < 1.29 is 31.5 Å². The number of aromatic nitrogens is 6. The zero-order chi connectivity index (χ0) is 35.2. The molecule has 3 aromatic heterocycles. The summed E-state index contributed by atoms with van der Waals surface area (Å²) in [7, 11) is 0. The lowest BCUT2D eigenvalue weighted by Crippen LogP contribution is -2.55. The third kappa shape index (κ3) is 7.15. The van der Waals surface area contributed by atoms with E-state index in [1.165, 1.54) is 10.7 Å². The van der Waals surface area contributed by atoms with Crippen LogP contribution in [0.2, 0.25) is 0 Å². The predicted molar refractivity (Wildman–Crippen MR) is 172 cm³/mol. The van der Waals surface area contributed by atoms with Gasteiger partial charge in [-0.3, -0.25) is 19.2 Å². The highest BCUT2D eigenvalue weighted by molar-refractivity contribution is 5.92. The van der Waals surface area contributed by atoms with Crippen LogP contribution in [0.4, 0.5) is 27.8 Å². The van der Waals surface area contributed by atoms with E-state index in [0.29, 0.717) is 48.6 Å². The van der Waals surface area contributed by atoms with E-state index in [9.17, 15) is 31.5 Å². The number of piperidine rings is 2. The molecule has 7 rings (SSSR count). The third-order valence-corrected chi connectivity index (χ3v) is 11.0. The molecule has 0 radical (unpaired) electrons. The first-order valence-electron chi connectivity index (χ1n) is 17.7. The van der Waals surface area contributed by atoms with Crippen LogP contribution in [0.3, 0.4) is 0 Å². The molecule has 4 fully saturated rings. The number of piperazine rings is 1. The van der Waals surface area contributed by atoms with Crippen LogP contribution in [0.5, 0.6) is 0 Å². The number of anilines is 1. The fraction of sp³-hybridized carbons (Fsp3) is 0.697. The minimum Gasteiger partial charge on any atom is -0.355 e. The van der Waals surface area contributed by atoms with Gasteiger partial charge in [0.05, 0.1) is 23.9 Å². The molecule has 272 valence electrons.